The van der Waals surface area contributed by atoms with Gasteiger partial charge in [-0.1, -0.05) is 0 Å². The minimum Gasteiger partial charge on any atom is -0.496 e. The molecule has 1 aromatic carbocycles. The summed E-state index contributed by atoms with van der Waals surface area (Å²) in [5.74, 6) is 1.27. The lowest BCUT2D eigenvalue weighted by molar-refractivity contribution is 0.412. The molecule has 5 heteroatoms. The van der Waals surface area contributed by atoms with Gasteiger partial charge >= 0.3 is 0 Å². The van der Waals surface area contributed by atoms with Gasteiger partial charge in [0.15, 0.2) is 0 Å². The Kier molecular flexibility index (Phi) is 2.87. The van der Waals surface area contributed by atoms with Crippen molar-refractivity contribution in [3.63, 3.8) is 0 Å². The molecule has 0 bridgehead atoms. The van der Waals surface area contributed by atoms with E-state index in [9.17, 15) is 0 Å². The lowest BCUT2D eigenvalue weighted by Crippen LogP contribution is -1.99. The summed E-state index contributed by atoms with van der Waals surface area (Å²) in [6.45, 7) is 1.91. The molecule has 4 nitrogen and oxygen atoms in total. The van der Waals surface area contributed by atoms with Crippen molar-refractivity contribution in [1.29, 1.82) is 0 Å². The Morgan fingerprint density at radius 1 is 1.44 bits per heavy atom. The van der Waals surface area contributed by atoms with Crippen molar-refractivity contribution in [1.82, 2.24) is 9.55 Å². The van der Waals surface area contributed by atoms with Gasteiger partial charge in [0.25, 0.3) is 0 Å². The molecule has 0 fully saturated rings. The van der Waals surface area contributed by atoms with E-state index < -0.39 is 0 Å². The summed E-state index contributed by atoms with van der Waals surface area (Å²) in [7, 11) is 1.63. The van der Waals surface area contributed by atoms with Crippen LogP contribution in [0.4, 0.5) is 5.95 Å². The molecule has 2 rings (SSSR count). The number of ether oxygens (including phenoxy) is 1. The van der Waals surface area contributed by atoms with Gasteiger partial charge in [-0.15, -0.1) is 0 Å². The van der Waals surface area contributed by atoms with E-state index in [1.165, 1.54) is 0 Å². The molecule has 0 aliphatic carbocycles. The minimum atomic E-state index is 0.481. The van der Waals surface area contributed by atoms with Gasteiger partial charge in [0.2, 0.25) is 5.95 Å². The number of anilines is 1. The van der Waals surface area contributed by atoms with Crippen molar-refractivity contribution < 1.29 is 4.74 Å². The van der Waals surface area contributed by atoms with Gasteiger partial charge in [0, 0.05) is 11.9 Å². The van der Waals surface area contributed by atoms with E-state index in [2.05, 4.69) is 20.9 Å². The Balaban J connectivity index is 2.49. The first-order valence-electron chi connectivity index (χ1n) is 4.77. The quantitative estimate of drug-likeness (QED) is 0.920. The minimum absolute atomic E-state index is 0.481. The maximum absolute atomic E-state index is 5.80. The predicted molar refractivity (Wildman–Crippen MR) is 67.0 cm³/mol. The zero-order chi connectivity index (χ0) is 11.7. The smallest absolute Gasteiger partial charge is 0.205 e. The fourth-order valence-corrected chi connectivity index (χ4v) is 2.06. The Morgan fingerprint density at radius 3 is 2.69 bits per heavy atom. The number of imidazole rings is 1. The summed E-state index contributed by atoms with van der Waals surface area (Å²) in [5, 5.41) is 0. The standard InChI is InChI=1S/C11H12BrN3O/c1-7-6-15(11(13)14-7)8-3-4-10(16-2)9(12)5-8/h3-6H,1-2H3,(H2,13,14). The Bertz CT molecular complexity index is 522. The van der Waals surface area contributed by atoms with E-state index >= 15 is 0 Å². The van der Waals surface area contributed by atoms with Crippen molar-refractivity contribution in [3.8, 4) is 11.4 Å². The van der Waals surface area contributed by atoms with Gasteiger partial charge in [0.1, 0.15) is 5.75 Å². The van der Waals surface area contributed by atoms with Crippen LogP contribution < -0.4 is 10.5 Å². The molecule has 0 saturated carbocycles. The van der Waals surface area contributed by atoms with Crippen molar-refractivity contribution in [3.05, 3.63) is 34.6 Å². The number of nitrogens with two attached hydrogens (primary N) is 1. The number of nitrogens with zero attached hydrogens (tertiary/aromatic N) is 2. The zero-order valence-corrected chi connectivity index (χ0v) is 10.7. The number of aromatic nitrogens is 2. The average molecular weight is 282 g/mol. The number of nitrogen functional groups attached to an aromatic ring is 1. The lowest BCUT2D eigenvalue weighted by atomic mass is 10.3. The fourth-order valence-electron chi connectivity index (χ4n) is 1.53. The molecule has 0 radical (unpaired) electrons. The number of rotatable bonds is 2. The number of benzene rings is 1. The second-order valence-electron chi connectivity index (χ2n) is 3.43. The number of halogens is 1. The number of hydrogen-bond donors (Lipinski definition) is 1. The van der Waals surface area contributed by atoms with Crippen LogP contribution in [0, 0.1) is 6.92 Å². The first-order chi connectivity index (χ1) is 7.61. The molecule has 2 N–H and O–H groups in total. The van der Waals surface area contributed by atoms with E-state index in [1.54, 1.807) is 7.11 Å². The largest absolute Gasteiger partial charge is 0.496 e. The Hall–Kier alpha value is -1.49. The highest BCUT2D eigenvalue weighted by atomic mass is 79.9. The second kappa shape index (κ2) is 4.17. The summed E-state index contributed by atoms with van der Waals surface area (Å²) in [6.07, 6.45) is 1.89. The summed E-state index contributed by atoms with van der Waals surface area (Å²) in [6, 6.07) is 5.76. The first-order valence-corrected chi connectivity index (χ1v) is 5.56. The van der Waals surface area contributed by atoms with Crippen molar-refractivity contribution in [2.45, 2.75) is 6.92 Å². The third kappa shape index (κ3) is 1.90. The molecule has 0 aliphatic heterocycles. The summed E-state index contributed by atoms with van der Waals surface area (Å²) >= 11 is 3.44. The monoisotopic (exact) mass is 281 g/mol. The molecule has 1 heterocycles. The summed E-state index contributed by atoms with van der Waals surface area (Å²) < 4.78 is 7.89. The van der Waals surface area contributed by atoms with E-state index in [4.69, 9.17) is 10.5 Å². The molecule has 0 aliphatic rings. The predicted octanol–water partition coefficient (Wildman–Crippen LogP) is 2.53. The number of hydrogen-bond acceptors (Lipinski definition) is 3. The van der Waals surface area contributed by atoms with E-state index in [1.807, 2.05) is 35.9 Å². The molecule has 2 aromatic rings. The molecule has 1 aromatic heterocycles. The molecule has 0 spiro atoms. The molecule has 84 valence electrons. The van der Waals surface area contributed by atoms with Crippen molar-refractivity contribution in [2.24, 2.45) is 0 Å². The van der Waals surface area contributed by atoms with Gasteiger partial charge in [0.05, 0.1) is 17.3 Å². The maximum Gasteiger partial charge on any atom is 0.205 e. The Morgan fingerprint density at radius 2 is 2.19 bits per heavy atom. The van der Waals surface area contributed by atoms with Gasteiger partial charge < -0.3 is 10.5 Å². The topological polar surface area (TPSA) is 53.1 Å². The van der Waals surface area contributed by atoms with Gasteiger partial charge in [-0.2, -0.15) is 0 Å². The third-order valence-electron chi connectivity index (χ3n) is 2.27. The highest BCUT2D eigenvalue weighted by molar-refractivity contribution is 9.10. The van der Waals surface area contributed by atoms with E-state index in [0.717, 1.165) is 21.6 Å². The lowest BCUT2D eigenvalue weighted by Gasteiger charge is -2.07. The normalized spacial score (nSPS) is 10.4. The van der Waals surface area contributed by atoms with Crippen molar-refractivity contribution >= 4 is 21.9 Å². The number of methoxy groups -OCH3 is 1. The van der Waals surface area contributed by atoms with E-state index in [0.29, 0.717) is 5.95 Å². The average Bonchev–Trinajstić information content (AvgIpc) is 2.58. The first kappa shape index (κ1) is 11.0. The SMILES string of the molecule is COc1ccc(-n2cc(C)nc2N)cc1Br. The van der Waals surface area contributed by atoms with Crippen LogP contribution in [0.2, 0.25) is 0 Å². The molecule has 0 saturated heterocycles. The molecular formula is C11H12BrN3O. The van der Waals surface area contributed by atoms with Crippen LogP contribution in [0.3, 0.4) is 0 Å². The molecule has 0 amide bonds. The highest BCUT2D eigenvalue weighted by Crippen LogP contribution is 2.28. The van der Waals surface area contributed by atoms with Crippen LogP contribution in [0.5, 0.6) is 5.75 Å². The third-order valence-corrected chi connectivity index (χ3v) is 2.89. The van der Waals surface area contributed by atoms with Gasteiger partial charge in [-0.3, -0.25) is 4.57 Å². The molecule has 0 atom stereocenters. The summed E-state index contributed by atoms with van der Waals surface area (Å²) in [4.78, 5) is 4.15. The van der Waals surface area contributed by atoms with E-state index in [-0.39, 0.29) is 0 Å². The van der Waals surface area contributed by atoms with Gasteiger partial charge in [-0.05, 0) is 41.1 Å². The molecule has 0 unspecified atom stereocenters. The van der Waals surface area contributed by atoms with Crippen LogP contribution in [0.15, 0.2) is 28.9 Å². The maximum atomic E-state index is 5.80. The van der Waals surface area contributed by atoms with Crippen LogP contribution in [0.1, 0.15) is 5.69 Å². The highest BCUT2D eigenvalue weighted by Gasteiger charge is 2.06. The second-order valence-corrected chi connectivity index (χ2v) is 4.28. The zero-order valence-electron chi connectivity index (χ0n) is 9.07. The Labute approximate surface area is 102 Å². The van der Waals surface area contributed by atoms with Crippen molar-refractivity contribution in [2.75, 3.05) is 12.8 Å². The van der Waals surface area contributed by atoms with Crippen LogP contribution in [-0.4, -0.2) is 16.7 Å². The van der Waals surface area contributed by atoms with Crippen LogP contribution in [-0.2, 0) is 0 Å². The molecule has 16 heavy (non-hydrogen) atoms. The van der Waals surface area contributed by atoms with Crippen LogP contribution >= 0.6 is 15.9 Å². The van der Waals surface area contributed by atoms with Gasteiger partial charge in [-0.25, -0.2) is 4.98 Å². The van der Waals surface area contributed by atoms with Crippen LogP contribution in [0.25, 0.3) is 5.69 Å². The summed E-state index contributed by atoms with van der Waals surface area (Å²) in [5.41, 5.74) is 7.64. The molecular weight excluding hydrogens is 270 g/mol. The number of aryl methyl sites for hydroxylation is 1. The fraction of sp³-hybridized carbons (Fsp3) is 0.182.